The second-order valence-electron chi connectivity index (χ2n) is 7.77. The van der Waals surface area contributed by atoms with Gasteiger partial charge in [0.15, 0.2) is 0 Å². The molecule has 2 aromatic carbocycles. The number of halogens is 1. The molecule has 1 unspecified atom stereocenters. The molecule has 0 radical (unpaired) electrons. The number of nitrogens with one attached hydrogen (secondary N) is 2. The van der Waals surface area contributed by atoms with Gasteiger partial charge in [-0.3, -0.25) is 9.79 Å². The molecular weight excluding hydrogens is 383 g/mol. The van der Waals surface area contributed by atoms with Crippen LogP contribution >= 0.6 is 0 Å². The molecule has 1 aliphatic heterocycles. The average Bonchev–Trinajstić information content (AvgIpc) is 2.87. The predicted molar refractivity (Wildman–Crippen MR) is 115 cm³/mol. The highest BCUT2D eigenvalue weighted by Gasteiger charge is 2.33. The maximum absolute atomic E-state index is 13.1. The number of fused-ring (bicyclic) bond motifs is 1. The van der Waals surface area contributed by atoms with Gasteiger partial charge in [0.25, 0.3) is 5.91 Å². The van der Waals surface area contributed by atoms with Gasteiger partial charge in [0.1, 0.15) is 5.82 Å². The minimum absolute atomic E-state index is 0.267. The molecule has 3 amide bonds. The van der Waals surface area contributed by atoms with E-state index in [1.807, 2.05) is 24.3 Å². The van der Waals surface area contributed by atoms with E-state index in [0.717, 1.165) is 42.6 Å². The molecule has 30 heavy (non-hydrogen) atoms. The summed E-state index contributed by atoms with van der Waals surface area (Å²) in [6.07, 6.45) is 4.52. The zero-order valence-corrected chi connectivity index (χ0v) is 16.9. The Balaban J connectivity index is 1.62. The van der Waals surface area contributed by atoms with E-state index in [1.54, 1.807) is 11.9 Å². The highest BCUT2D eigenvalue weighted by atomic mass is 19.1. The van der Waals surface area contributed by atoms with E-state index < -0.39 is 12.2 Å². The van der Waals surface area contributed by atoms with Crippen LogP contribution in [0.15, 0.2) is 53.5 Å². The van der Waals surface area contributed by atoms with E-state index in [4.69, 9.17) is 4.99 Å². The number of carbonyl (C=O) groups excluding carboxylic acids is 2. The fraction of sp³-hybridized carbons (Fsp3) is 0.348. The maximum Gasteiger partial charge on any atom is 0.321 e. The van der Waals surface area contributed by atoms with Crippen molar-refractivity contribution in [1.82, 2.24) is 5.32 Å². The van der Waals surface area contributed by atoms with Crippen molar-refractivity contribution in [2.24, 2.45) is 10.9 Å². The van der Waals surface area contributed by atoms with Crippen LogP contribution in [0, 0.1) is 11.7 Å². The van der Waals surface area contributed by atoms with Gasteiger partial charge in [0, 0.05) is 24.2 Å². The first-order valence-corrected chi connectivity index (χ1v) is 10.3. The van der Waals surface area contributed by atoms with Crippen molar-refractivity contribution in [2.75, 3.05) is 17.3 Å². The van der Waals surface area contributed by atoms with E-state index >= 15 is 0 Å². The number of benzodiazepines with no additional fused rings is 1. The standard InChI is InChI=1S/C23H25FN4O2/c1-28-19-10-6-5-9-18(19)20(15-7-3-2-4-8-15)26-21(22(28)29)27-23(30)25-17-13-11-16(24)12-14-17/h5-6,9-15,21H,2-4,7-8H2,1H3,(H2,25,27,30). The molecule has 0 aromatic heterocycles. The molecule has 1 saturated carbocycles. The second-order valence-corrected chi connectivity index (χ2v) is 7.77. The van der Waals surface area contributed by atoms with E-state index in [-0.39, 0.29) is 17.6 Å². The lowest BCUT2D eigenvalue weighted by atomic mass is 9.83. The fourth-order valence-corrected chi connectivity index (χ4v) is 4.17. The van der Waals surface area contributed by atoms with Crippen molar-refractivity contribution >= 4 is 29.0 Å². The van der Waals surface area contributed by atoms with Crippen molar-refractivity contribution in [3.8, 4) is 0 Å². The summed E-state index contributed by atoms with van der Waals surface area (Å²) in [6.45, 7) is 0. The Bertz CT molecular complexity index is 967. The van der Waals surface area contributed by atoms with Crippen molar-refractivity contribution < 1.29 is 14.0 Å². The normalized spacial score (nSPS) is 19.5. The molecule has 2 aliphatic rings. The van der Waals surface area contributed by atoms with E-state index in [9.17, 15) is 14.0 Å². The van der Waals surface area contributed by atoms with Gasteiger partial charge in [0.05, 0.1) is 11.4 Å². The third kappa shape index (κ3) is 4.20. The van der Waals surface area contributed by atoms with Gasteiger partial charge in [0.2, 0.25) is 6.17 Å². The van der Waals surface area contributed by atoms with Crippen molar-refractivity contribution in [2.45, 2.75) is 38.3 Å². The second kappa shape index (κ2) is 8.65. The number of anilines is 2. The molecule has 4 rings (SSSR count). The molecule has 2 N–H and O–H groups in total. The van der Waals surface area contributed by atoms with E-state index in [1.165, 1.54) is 30.7 Å². The predicted octanol–water partition coefficient (Wildman–Crippen LogP) is 4.32. The number of rotatable bonds is 3. The number of amides is 3. The molecule has 156 valence electrons. The van der Waals surface area contributed by atoms with E-state index in [0.29, 0.717) is 5.69 Å². The quantitative estimate of drug-likeness (QED) is 0.794. The Morgan fingerprint density at radius 1 is 1.07 bits per heavy atom. The van der Waals surface area contributed by atoms with Gasteiger partial charge >= 0.3 is 6.03 Å². The number of aliphatic imine (C=N–C) groups is 1. The summed E-state index contributed by atoms with van der Waals surface area (Å²) in [6, 6.07) is 12.6. The van der Waals surface area contributed by atoms with Gasteiger partial charge < -0.3 is 15.5 Å². The summed E-state index contributed by atoms with van der Waals surface area (Å²) in [5.41, 5.74) is 3.07. The molecule has 6 nitrogen and oxygen atoms in total. The van der Waals surface area contributed by atoms with Crippen molar-refractivity contribution in [1.29, 1.82) is 0 Å². The largest absolute Gasteiger partial charge is 0.321 e. The van der Waals surface area contributed by atoms with Gasteiger partial charge in [-0.05, 0) is 43.2 Å². The molecular formula is C23H25FN4O2. The summed E-state index contributed by atoms with van der Waals surface area (Å²) >= 11 is 0. The monoisotopic (exact) mass is 408 g/mol. The first kappa shape index (κ1) is 20.1. The molecule has 1 atom stereocenters. The zero-order valence-electron chi connectivity index (χ0n) is 16.9. The summed E-state index contributed by atoms with van der Waals surface area (Å²) in [4.78, 5) is 31.9. The molecule has 0 spiro atoms. The van der Waals surface area contributed by atoms with Crippen LogP contribution in [0.5, 0.6) is 0 Å². The number of urea groups is 1. The van der Waals surface area contributed by atoms with Gasteiger partial charge in [-0.15, -0.1) is 0 Å². The lowest BCUT2D eigenvalue weighted by Gasteiger charge is -2.25. The number of likely N-dealkylation sites (N-methyl/N-ethyl adjacent to an activating group) is 1. The highest BCUT2D eigenvalue weighted by Crippen LogP contribution is 2.33. The van der Waals surface area contributed by atoms with Crippen LogP contribution in [-0.4, -0.2) is 30.9 Å². The average molecular weight is 408 g/mol. The van der Waals surface area contributed by atoms with Crippen molar-refractivity contribution in [3.05, 3.63) is 59.9 Å². The molecule has 1 fully saturated rings. The van der Waals surface area contributed by atoms with Gasteiger partial charge in [-0.2, -0.15) is 0 Å². The van der Waals surface area contributed by atoms with Crippen LogP contribution in [0.1, 0.15) is 37.7 Å². The topological polar surface area (TPSA) is 73.8 Å². The summed E-state index contributed by atoms with van der Waals surface area (Å²) < 4.78 is 13.1. The number of para-hydroxylation sites is 1. The minimum Gasteiger partial charge on any atom is -0.311 e. The minimum atomic E-state index is -1.03. The summed E-state index contributed by atoms with van der Waals surface area (Å²) in [7, 11) is 1.70. The molecule has 0 saturated heterocycles. The van der Waals surface area contributed by atoms with Crippen LogP contribution in [0.3, 0.4) is 0 Å². The van der Waals surface area contributed by atoms with Crippen LogP contribution in [0.4, 0.5) is 20.6 Å². The first-order chi connectivity index (χ1) is 14.5. The summed E-state index contributed by atoms with van der Waals surface area (Å²) in [5, 5.41) is 5.31. The molecule has 0 bridgehead atoms. The lowest BCUT2D eigenvalue weighted by Crippen LogP contribution is -2.47. The summed E-state index contributed by atoms with van der Waals surface area (Å²) in [5.74, 6) is -0.424. The SMILES string of the molecule is CN1C(=O)C(NC(=O)Nc2ccc(F)cc2)N=C(C2CCCCC2)c2ccccc21. The first-order valence-electron chi connectivity index (χ1n) is 10.3. The fourth-order valence-electron chi connectivity index (χ4n) is 4.17. The molecule has 1 heterocycles. The Morgan fingerprint density at radius 2 is 1.77 bits per heavy atom. The Morgan fingerprint density at radius 3 is 2.50 bits per heavy atom. The number of benzene rings is 2. The zero-order chi connectivity index (χ0) is 21.1. The molecule has 1 aliphatic carbocycles. The van der Waals surface area contributed by atoms with Crippen LogP contribution in [0.25, 0.3) is 0 Å². The third-order valence-electron chi connectivity index (χ3n) is 5.74. The van der Waals surface area contributed by atoms with E-state index in [2.05, 4.69) is 10.6 Å². The van der Waals surface area contributed by atoms with Crippen LogP contribution in [0.2, 0.25) is 0 Å². The third-order valence-corrected chi connectivity index (χ3v) is 5.74. The lowest BCUT2D eigenvalue weighted by molar-refractivity contribution is -0.119. The number of nitrogens with zero attached hydrogens (tertiary/aromatic N) is 2. The number of carbonyl (C=O) groups is 2. The Labute approximate surface area is 175 Å². The van der Waals surface area contributed by atoms with Gasteiger partial charge in [-0.1, -0.05) is 37.5 Å². The molecule has 2 aromatic rings. The smallest absolute Gasteiger partial charge is 0.311 e. The van der Waals surface area contributed by atoms with Gasteiger partial charge in [-0.25, -0.2) is 9.18 Å². The van der Waals surface area contributed by atoms with Crippen molar-refractivity contribution in [3.63, 3.8) is 0 Å². The maximum atomic E-state index is 13.1. The highest BCUT2D eigenvalue weighted by molar-refractivity contribution is 6.14. The Kier molecular flexibility index (Phi) is 5.79. The Hall–Kier alpha value is -3.22. The number of hydrogen-bond acceptors (Lipinski definition) is 3. The number of hydrogen-bond donors (Lipinski definition) is 2. The van der Waals surface area contributed by atoms with Crippen LogP contribution < -0.4 is 15.5 Å². The molecule has 7 heteroatoms. The van der Waals surface area contributed by atoms with Crippen LogP contribution in [-0.2, 0) is 4.79 Å².